The zero-order chi connectivity index (χ0) is 15.8. The van der Waals surface area contributed by atoms with Crippen molar-refractivity contribution in [3.63, 3.8) is 0 Å². The second kappa shape index (κ2) is 5.94. The van der Waals surface area contributed by atoms with Crippen molar-refractivity contribution in [1.29, 1.82) is 0 Å². The summed E-state index contributed by atoms with van der Waals surface area (Å²) < 4.78 is 0. The van der Waals surface area contributed by atoms with E-state index in [1.54, 1.807) is 11.3 Å². The number of fused-ring (bicyclic) bond motifs is 1. The SMILES string of the molecule is Cc1ccc(-c2ncc(CN3CCN4C(=O)NC[C@H]4C3)s2)cc1. The Morgan fingerprint density at radius 1 is 1.30 bits per heavy atom. The second-order valence-corrected chi connectivity index (χ2v) is 7.38. The Morgan fingerprint density at radius 3 is 2.96 bits per heavy atom. The Labute approximate surface area is 139 Å². The molecule has 2 amide bonds. The van der Waals surface area contributed by atoms with E-state index in [4.69, 9.17) is 0 Å². The third-order valence-electron chi connectivity index (χ3n) is 4.55. The summed E-state index contributed by atoms with van der Waals surface area (Å²) in [5.41, 5.74) is 2.45. The number of urea groups is 1. The highest BCUT2D eigenvalue weighted by molar-refractivity contribution is 7.15. The van der Waals surface area contributed by atoms with Gasteiger partial charge in [-0.3, -0.25) is 4.90 Å². The summed E-state index contributed by atoms with van der Waals surface area (Å²) in [6.07, 6.45) is 1.99. The number of hydrogen-bond acceptors (Lipinski definition) is 4. The van der Waals surface area contributed by atoms with E-state index in [9.17, 15) is 4.79 Å². The predicted octanol–water partition coefficient (Wildman–Crippen LogP) is 2.33. The lowest BCUT2D eigenvalue weighted by atomic mass is 10.2. The first-order chi connectivity index (χ1) is 11.2. The molecule has 2 aromatic rings. The van der Waals surface area contributed by atoms with Crippen molar-refractivity contribution in [2.75, 3.05) is 26.2 Å². The van der Waals surface area contributed by atoms with E-state index in [-0.39, 0.29) is 6.03 Å². The van der Waals surface area contributed by atoms with Gasteiger partial charge in [-0.25, -0.2) is 9.78 Å². The molecule has 0 bridgehead atoms. The molecule has 6 heteroatoms. The van der Waals surface area contributed by atoms with Crippen LogP contribution in [0.5, 0.6) is 0 Å². The highest BCUT2D eigenvalue weighted by Crippen LogP contribution is 2.27. The minimum absolute atomic E-state index is 0.0918. The van der Waals surface area contributed by atoms with Gasteiger partial charge in [0.2, 0.25) is 0 Å². The van der Waals surface area contributed by atoms with Crippen LogP contribution >= 0.6 is 11.3 Å². The van der Waals surface area contributed by atoms with Crippen molar-refractivity contribution in [3.05, 3.63) is 40.9 Å². The van der Waals surface area contributed by atoms with Gasteiger partial charge in [0.05, 0.1) is 6.04 Å². The average Bonchev–Trinajstić information content (AvgIpc) is 3.16. The summed E-state index contributed by atoms with van der Waals surface area (Å²) in [4.78, 5) is 21.9. The Balaban J connectivity index is 1.42. The van der Waals surface area contributed by atoms with Crippen LogP contribution in [0.1, 0.15) is 10.4 Å². The number of aryl methyl sites for hydroxylation is 1. The highest BCUT2D eigenvalue weighted by Gasteiger charge is 2.35. The van der Waals surface area contributed by atoms with Gasteiger partial charge in [0.25, 0.3) is 0 Å². The molecule has 2 aliphatic rings. The normalized spacial score (nSPS) is 21.3. The maximum Gasteiger partial charge on any atom is 0.317 e. The summed E-state index contributed by atoms with van der Waals surface area (Å²) in [6, 6.07) is 8.92. The van der Waals surface area contributed by atoms with Crippen LogP contribution in [-0.4, -0.2) is 53.0 Å². The number of carbonyl (C=O) groups excluding carboxylic acids is 1. The van der Waals surface area contributed by atoms with Crippen LogP contribution in [0.3, 0.4) is 0 Å². The number of benzene rings is 1. The minimum Gasteiger partial charge on any atom is -0.336 e. The molecule has 0 unspecified atom stereocenters. The Hall–Kier alpha value is -1.92. The number of aromatic nitrogens is 1. The van der Waals surface area contributed by atoms with E-state index in [0.29, 0.717) is 6.04 Å². The lowest BCUT2D eigenvalue weighted by Crippen LogP contribution is -2.51. The molecule has 0 saturated carbocycles. The standard InChI is InChI=1S/C17H20N4OS/c1-12-2-4-13(5-3-12)16-18-9-15(23-16)11-20-6-7-21-14(10-20)8-19-17(21)22/h2-5,9,14H,6-8,10-11H2,1H3,(H,19,22)/t14-/m0/s1. The summed E-state index contributed by atoms with van der Waals surface area (Å²) in [5, 5.41) is 4.01. The summed E-state index contributed by atoms with van der Waals surface area (Å²) in [7, 11) is 0. The van der Waals surface area contributed by atoms with E-state index in [0.717, 1.165) is 37.7 Å². The first-order valence-electron chi connectivity index (χ1n) is 7.97. The molecule has 3 heterocycles. The number of carbonyl (C=O) groups is 1. The third-order valence-corrected chi connectivity index (χ3v) is 5.58. The fraction of sp³-hybridized carbons (Fsp3) is 0.412. The lowest BCUT2D eigenvalue weighted by Gasteiger charge is -2.36. The largest absolute Gasteiger partial charge is 0.336 e. The van der Waals surface area contributed by atoms with Crippen LogP contribution < -0.4 is 5.32 Å². The molecule has 2 aliphatic heterocycles. The van der Waals surface area contributed by atoms with Crippen molar-refractivity contribution in [2.24, 2.45) is 0 Å². The van der Waals surface area contributed by atoms with Gasteiger partial charge in [0.1, 0.15) is 5.01 Å². The molecule has 2 saturated heterocycles. The summed E-state index contributed by atoms with van der Waals surface area (Å²) >= 11 is 1.76. The van der Waals surface area contributed by atoms with Gasteiger partial charge in [0.15, 0.2) is 0 Å². The van der Waals surface area contributed by atoms with Crippen LogP contribution in [0.15, 0.2) is 30.5 Å². The van der Waals surface area contributed by atoms with Crippen molar-refractivity contribution >= 4 is 17.4 Å². The van der Waals surface area contributed by atoms with Gasteiger partial charge < -0.3 is 10.2 Å². The van der Waals surface area contributed by atoms with E-state index in [2.05, 4.69) is 46.4 Å². The lowest BCUT2D eigenvalue weighted by molar-refractivity contribution is 0.117. The van der Waals surface area contributed by atoms with E-state index >= 15 is 0 Å². The monoisotopic (exact) mass is 328 g/mol. The molecule has 0 spiro atoms. The molecule has 1 atom stereocenters. The van der Waals surface area contributed by atoms with E-state index < -0.39 is 0 Å². The Bertz CT molecular complexity index is 712. The maximum absolute atomic E-state index is 11.6. The number of nitrogens with zero attached hydrogens (tertiary/aromatic N) is 3. The fourth-order valence-corrected chi connectivity index (χ4v) is 4.20. The second-order valence-electron chi connectivity index (χ2n) is 6.27. The van der Waals surface area contributed by atoms with Crippen molar-refractivity contribution < 1.29 is 4.79 Å². The molecule has 4 rings (SSSR count). The first-order valence-corrected chi connectivity index (χ1v) is 8.79. The number of nitrogens with one attached hydrogen (secondary N) is 1. The number of rotatable bonds is 3. The number of amides is 2. The quantitative estimate of drug-likeness (QED) is 0.941. The first kappa shape index (κ1) is 14.7. The fourth-order valence-electron chi connectivity index (χ4n) is 3.24. The number of hydrogen-bond donors (Lipinski definition) is 1. The molecule has 1 aromatic heterocycles. The zero-order valence-corrected chi connectivity index (χ0v) is 14.0. The van der Waals surface area contributed by atoms with Crippen LogP contribution in [0, 0.1) is 6.92 Å². The van der Waals surface area contributed by atoms with Crippen LogP contribution in [0.25, 0.3) is 10.6 Å². The van der Waals surface area contributed by atoms with Gasteiger partial charge in [-0.05, 0) is 6.92 Å². The number of piperazine rings is 1. The molecule has 2 fully saturated rings. The van der Waals surface area contributed by atoms with Gasteiger partial charge in [-0.1, -0.05) is 29.8 Å². The van der Waals surface area contributed by atoms with Crippen LogP contribution in [0.2, 0.25) is 0 Å². The molecule has 0 aliphatic carbocycles. The van der Waals surface area contributed by atoms with Crippen molar-refractivity contribution in [2.45, 2.75) is 19.5 Å². The molecule has 5 nitrogen and oxygen atoms in total. The van der Waals surface area contributed by atoms with Crippen LogP contribution in [-0.2, 0) is 6.54 Å². The third kappa shape index (κ3) is 2.96. The molecule has 23 heavy (non-hydrogen) atoms. The smallest absolute Gasteiger partial charge is 0.317 e. The zero-order valence-electron chi connectivity index (χ0n) is 13.2. The molecule has 0 radical (unpaired) electrons. The summed E-state index contributed by atoms with van der Waals surface area (Å²) in [5.74, 6) is 0. The Morgan fingerprint density at radius 2 is 2.13 bits per heavy atom. The summed E-state index contributed by atoms with van der Waals surface area (Å²) in [6.45, 7) is 6.48. The number of thiazole rings is 1. The topological polar surface area (TPSA) is 48.5 Å². The molecule has 120 valence electrons. The van der Waals surface area contributed by atoms with Crippen molar-refractivity contribution in [3.8, 4) is 10.6 Å². The maximum atomic E-state index is 11.6. The van der Waals surface area contributed by atoms with Gasteiger partial charge >= 0.3 is 6.03 Å². The molecule has 1 N–H and O–H groups in total. The molecule has 1 aromatic carbocycles. The van der Waals surface area contributed by atoms with Crippen LogP contribution in [0.4, 0.5) is 4.79 Å². The predicted molar refractivity (Wildman–Crippen MR) is 91.5 cm³/mol. The van der Waals surface area contributed by atoms with Gasteiger partial charge in [-0.15, -0.1) is 11.3 Å². The van der Waals surface area contributed by atoms with E-state index in [1.165, 1.54) is 16.0 Å². The highest BCUT2D eigenvalue weighted by atomic mass is 32.1. The van der Waals surface area contributed by atoms with Crippen molar-refractivity contribution in [1.82, 2.24) is 20.1 Å². The van der Waals surface area contributed by atoms with Gasteiger partial charge in [-0.2, -0.15) is 0 Å². The average molecular weight is 328 g/mol. The molecular formula is C17H20N4OS. The van der Waals surface area contributed by atoms with Gasteiger partial charge in [0, 0.05) is 49.4 Å². The minimum atomic E-state index is 0.0918. The van der Waals surface area contributed by atoms with E-state index in [1.807, 2.05) is 11.1 Å². The Kier molecular flexibility index (Phi) is 3.79. The molecular weight excluding hydrogens is 308 g/mol.